The van der Waals surface area contributed by atoms with Crippen molar-refractivity contribution in [1.29, 1.82) is 0 Å². The molecule has 13 nitrogen and oxygen atoms in total. The summed E-state index contributed by atoms with van der Waals surface area (Å²) in [5.74, 6) is 9.76. The third kappa shape index (κ3) is 21.3. The second kappa shape index (κ2) is 27.1. The number of carbonyl (C=O) groups excluding carboxylic acids is 1. The Morgan fingerprint density at radius 2 is 1.06 bits per heavy atom. The molecule has 1 rings (SSSR count). The molecule has 0 aliphatic heterocycles. The van der Waals surface area contributed by atoms with Crippen LogP contribution in [0.25, 0.3) is 0 Å². The Morgan fingerprint density at radius 1 is 0.688 bits per heavy atom. The molecule has 32 heavy (non-hydrogen) atoms. The van der Waals surface area contributed by atoms with Crippen molar-refractivity contribution in [2.24, 2.45) is 11.7 Å². The van der Waals surface area contributed by atoms with E-state index < -0.39 is 0 Å². The molecule has 10 N–H and O–H groups in total. The van der Waals surface area contributed by atoms with Gasteiger partial charge in [0.15, 0.2) is 0 Å². The molecule has 0 fully saturated rings. The molecule has 1 amide bonds. The van der Waals surface area contributed by atoms with E-state index in [1.807, 2.05) is 5.43 Å². The van der Waals surface area contributed by atoms with Gasteiger partial charge in [-0.25, -0.2) is 5.84 Å². The molecule has 188 valence electrons. The number of amides is 1. The predicted octanol–water partition coefficient (Wildman–Crippen LogP) is -2.42. The largest absolute Gasteiger partial charge is 0.394 e. The summed E-state index contributed by atoms with van der Waals surface area (Å²) in [5.41, 5.74) is 5.38. The van der Waals surface area contributed by atoms with E-state index >= 15 is 0 Å². The van der Waals surface area contributed by atoms with Crippen LogP contribution in [0.4, 0.5) is 5.69 Å². The number of nitrogens with one attached hydrogen (secondary N) is 2. The highest BCUT2D eigenvalue weighted by Crippen LogP contribution is 2.12. The minimum atomic E-state index is -0.372. The van der Waals surface area contributed by atoms with Crippen molar-refractivity contribution in [3.05, 3.63) is 29.8 Å². The maximum Gasteiger partial charge on any atom is 0.267 e. The lowest BCUT2D eigenvalue weighted by atomic mass is 10.2. The molecule has 0 aliphatic carbocycles. The van der Waals surface area contributed by atoms with Gasteiger partial charge in [0, 0.05) is 0 Å². The van der Waals surface area contributed by atoms with Crippen LogP contribution in [0, 0.1) is 0 Å². The lowest BCUT2D eigenvalue weighted by molar-refractivity contribution is 0.0222. The molecule has 0 bridgehead atoms. The van der Waals surface area contributed by atoms with Crippen LogP contribution >= 0.6 is 0 Å². The predicted molar refractivity (Wildman–Crippen MR) is 118 cm³/mol. The molecule has 0 aromatic heterocycles. The van der Waals surface area contributed by atoms with Gasteiger partial charge in [-0.3, -0.25) is 16.1 Å². The van der Waals surface area contributed by atoms with Crippen LogP contribution < -0.4 is 22.5 Å². The second-order valence-electron chi connectivity index (χ2n) is 5.51. The number of nitrogens with two attached hydrogens (primary N) is 2. The Hall–Kier alpha value is -1.91. The first-order chi connectivity index (χ1) is 15.6. The number of aliphatic hydroxyl groups excluding tert-OH is 4. The number of benzene rings is 1. The molecule has 0 saturated carbocycles. The van der Waals surface area contributed by atoms with E-state index in [1.54, 1.807) is 24.3 Å². The summed E-state index contributed by atoms with van der Waals surface area (Å²) >= 11 is 0. The van der Waals surface area contributed by atoms with Crippen molar-refractivity contribution in [3.63, 3.8) is 0 Å². The standard InChI is InChI=1S/C7H10N4O.2C6H14O4/c8-10-6-4-2-1-3-5(6)7(12)11-9;2*7-1-3-9-5-6-10-4-2-8/h1-4,10H,8-9H2,(H,11,12);2*7-8H,1-6H2. The molecule has 0 unspecified atom stereocenters. The summed E-state index contributed by atoms with van der Waals surface area (Å²) in [4.78, 5) is 11.1. The third-order valence-electron chi connectivity index (χ3n) is 3.14. The normalized spacial score (nSPS) is 9.81. The van der Waals surface area contributed by atoms with Gasteiger partial charge in [-0.2, -0.15) is 0 Å². The summed E-state index contributed by atoms with van der Waals surface area (Å²) in [6.45, 7) is 3.46. The van der Waals surface area contributed by atoms with Crippen LogP contribution in [-0.4, -0.2) is 106 Å². The summed E-state index contributed by atoms with van der Waals surface area (Å²) in [6, 6.07) is 6.80. The van der Waals surface area contributed by atoms with Crippen LogP contribution in [0.15, 0.2) is 24.3 Å². The highest BCUT2D eigenvalue weighted by Gasteiger charge is 2.06. The second-order valence-corrected chi connectivity index (χ2v) is 5.51. The third-order valence-corrected chi connectivity index (χ3v) is 3.14. The number of rotatable bonds is 16. The summed E-state index contributed by atoms with van der Waals surface area (Å²) in [7, 11) is 0. The first-order valence-electron chi connectivity index (χ1n) is 9.93. The minimum absolute atomic E-state index is 0.0417. The van der Waals surface area contributed by atoms with Crippen LogP contribution in [0.3, 0.4) is 0 Å². The van der Waals surface area contributed by atoms with E-state index in [0.717, 1.165) is 0 Å². The molecule has 1 aromatic rings. The van der Waals surface area contributed by atoms with Gasteiger partial charge in [0.1, 0.15) is 0 Å². The van der Waals surface area contributed by atoms with Crippen molar-refractivity contribution in [1.82, 2.24) is 5.43 Å². The molecular weight excluding hydrogens is 428 g/mol. The first-order valence-corrected chi connectivity index (χ1v) is 9.93. The van der Waals surface area contributed by atoms with Gasteiger partial charge in [0.25, 0.3) is 5.91 Å². The topological polar surface area (TPSA) is 211 Å². The van der Waals surface area contributed by atoms with Crippen molar-refractivity contribution in [3.8, 4) is 0 Å². The number of carbonyl (C=O) groups is 1. The van der Waals surface area contributed by atoms with E-state index in [-0.39, 0.29) is 32.3 Å². The van der Waals surface area contributed by atoms with Crippen molar-refractivity contribution in [2.45, 2.75) is 0 Å². The SMILES string of the molecule is NNC(=O)c1ccccc1NN.OCCOCCOCCO.OCCOCCOCCO. The number of hydrazine groups is 2. The van der Waals surface area contributed by atoms with Gasteiger partial charge in [0.05, 0.1) is 90.5 Å². The Labute approximate surface area is 188 Å². The highest BCUT2D eigenvalue weighted by atomic mass is 16.5. The Balaban J connectivity index is 0. The minimum Gasteiger partial charge on any atom is -0.394 e. The zero-order valence-corrected chi connectivity index (χ0v) is 18.3. The molecule has 0 spiro atoms. The van der Waals surface area contributed by atoms with Gasteiger partial charge in [-0.1, -0.05) is 12.1 Å². The number of para-hydroxylation sites is 1. The fraction of sp³-hybridized carbons (Fsp3) is 0.632. The quantitative estimate of drug-likeness (QED) is 0.0554. The number of hydrogen-bond donors (Lipinski definition) is 8. The van der Waals surface area contributed by atoms with E-state index in [9.17, 15) is 4.79 Å². The van der Waals surface area contributed by atoms with Gasteiger partial charge >= 0.3 is 0 Å². The lowest BCUT2D eigenvalue weighted by Crippen LogP contribution is -2.31. The molecule has 0 saturated heterocycles. The van der Waals surface area contributed by atoms with Gasteiger partial charge in [0.2, 0.25) is 0 Å². The smallest absolute Gasteiger partial charge is 0.267 e. The van der Waals surface area contributed by atoms with Crippen LogP contribution in [0.5, 0.6) is 0 Å². The van der Waals surface area contributed by atoms with Crippen molar-refractivity contribution >= 4 is 11.6 Å². The van der Waals surface area contributed by atoms with Crippen molar-refractivity contribution in [2.75, 3.05) is 84.7 Å². The van der Waals surface area contributed by atoms with E-state index in [2.05, 4.69) is 5.43 Å². The monoisotopic (exact) mass is 466 g/mol. The van der Waals surface area contributed by atoms with Crippen molar-refractivity contribution < 1.29 is 44.2 Å². The number of hydrogen-bond acceptors (Lipinski definition) is 12. The Kier molecular flexibility index (Phi) is 27.4. The Morgan fingerprint density at radius 3 is 1.38 bits per heavy atom. The summed E-state index contributed by atoms with van der Waals surface area (Å²) in [6.07, 6.45) is 0. The maximum absolute atomic E-state index is 11.1. The molecule has 13 heteroatoms. The fourth-order valence-corrected chi connectivity index (χ4v) is 1.79. The van der Waals surface area contributed by atoms with E-state index in [4.69, 9.17) is 51.1 Å². The number of ether oxygens (including phenoxy) is 4. The molecule has 0 heterocycles. The summed E-state index contributed by atoms with van der Waals surface area (Å²) in [5, 5.41) is 33.1. The van der Waals surface area contributed by atoms with Gasteiger partial charge in [-0.05, 0) is 12.1 Å². The average Bonchev–Trinajstić information content (AvgIpc) is 2.84. The fourth-order valence-electron chi connectivity index (χ4n) is 1.79. The number of aliphatic hydroxyl groups is 4. The lowest BCUT2D eigenvalue weighted by Gasteiger charge is -2.05. The molecule has 0 atom stereocenters. The molecule has 1 aromatic carbocycles. The maximum atomic E-state index is 11.1. The van der Waals surface area contributed by atoms with E-state index in [0.29, 0.717) is 64.1 Å². The number of nitrogen functional groups attached to an aromatic ring is 2. The molecular formula is C19H38N4O9. The zero-order chi connectivity index (χ0) is 24.3. The highest BCUT2D eigenvalue weighted by molar-refractivity contribution is 5.99. The zero-order valence-electron chi connectivity index (χ0n) is 18.3. The van der Waals surface area contributed by atoms with Crippen LogP contribution in [-0.2, 0) is 18.9 Å². The van der Waals surface area contributed by atoms with Gasteiger partial charge in [-0.15, -0.1) is 0 Å². The number of anilines is 1. The Bertz CT molecular complexity index is 495. The first kappa shape index (κ1) is 32.3. The van der Waals surface area contributed by atoms with Crippen LogP contribution in [0.2, 0.25) is 0 Å². The average molecular weight is 467 g/mol. The van der Waals surface area contributed by atoms with Gasteiger partial charge < -0.3 is 44.8 Å². The molecule has 0 aliphatic rings. The van der Waals surface area contributed by atoms with E-state index in [1.165, 1.54) is 0 Å². The van der Waals surface area contributed by atoms with Crippen LogP contribution in [0.1, 0.15) is 10.4 Å². The molecule has 0 radical (unpaired) electrons. The summed E-state index contributed by atoms with van der Waals surface area (Å²) < 4.78 is 19.5.